The van der Waals surface area contributed by atoms with E-state index in [4.69, 9.17) is 0 Å². The molecule has 194 valence electrons. The summed E-state index contributed by atoms with van der Waals surface area (Å²) in [7, 11) is 0. The van der Waals surface area contributed by atoms with Crippen molar-refractivity contribution >= 4 is 45.0 Å². The number of carbonyl (C=O) groups is 4. The maximum absolute atomic E-state index is 14.0. The molecule has 0 aromatic heterocycles. The van der Waals surface area contributed by atoms with Crippen LogP contribution in [0.15, 0.2) is 101 Å². The van der Waals surface area contributed by atoms with E-state index < -0.39 is 23.9 Å². The van der Waals surface area contributed by atoms with Crippen LogP contribution in [0.4, 0.5) is 5.69 Å². The van der Waals surface area contributed by atoms with Crippen molar-refractivity contribution < 1.29 is 19.2 Å². The summed E-state index contributed by atoms with van der Waals surface area (Å²) in [5.41, 5.74) is 3.78. The van der Waals surface area contributed by atoms with Crippen LogP contribution in [-0.2, 0) is 9.59 Å². The second-order valence-electron chi connectivity index (χ2n) is 10.2. The summed E-state index contributed by atoms with van der Waals surface area (Å²) in [4.78, 5) is 58.3. The molecule has 4 atom stereocenters. The zero-order chi connectivity index (χ0) is 27.4. The van der Waals surface area contributed by atoms with Crippen molar-refractivity contribution in [2.75, 3.05) is 4.90 Å². The molecule has 2 saturated heterocycles. The van der Waals surface area contributed by atoms with Gasteiger partial charge in [-0.2, -0.15) is 0 Å². The van der Waals surface area contributed by atoms with Crippen LogP contribution in [0.25, 0.3) is 0 Å². The second kappa shape index (κ2) is 9.58. The van der Waals surface area contributed by atoms with Gasteiger partial charge in [0.15, 0.2) is 11.6 Å². The monoisotopic (exact) mass is 580 g/mol. The van der Waals surface area contributed by atoms with Crippen LogP contribution in [0, 0.1) is 25.7 Å². The van der Waals surface area contributed by atoms with E-state index in [2.05, 4.69) is 15.9 Å². The predicted octanol–water partition coefficient (Wildman–Crippen LogP) is 5.44. The number of benzene rings is 3. The zero-order valence-electron chi connectivity index (χ0n) is 21.4. The topological polar surface area (TPSA) is 74.8 Å². The number of amides is 2. The number of imide groups is 1. The molecule has 0 unspecified atom stereocenters. The molecule has 3 aromatic rings. The van der Waals surface area contributed by atoms with Crippen LogP contribution in [0.2, 0.25) is 0 Å². The molecule has 0 bridgehead atoms. The third-order valence-electron chi connectivity index (χ3n) is 7.84. The first-order valence-corrected chi connectivity index (χ1v) is 13.6. The molecule has 3 aliphatic rings. The van der Waals surface area contributed by atoms with Crippen molar-refractivity contribution in [3.05, 3.63) is 123 Å². The van der Waals surface area contributed by atoms with Crippen LogP contribution in [0.3, 0.4) is 0 Å². The molecule has 6 rings (SSSR count). The molecule has 2 fully saturated rings. The second-order valence-corrected chi connectivity index (χ2v) is 11.2. The number of allylic oxidation sites excluding steroid dienone is 2. The zero-order valence-corrected chi connectivity index (χ0v) is 23.0. The molecule has 6 nitrogen and oxygen atoms in total. The van der Waals surface area contributed by atoms with E-state index in [-0.39, 0.29) is 23.4 Å². The van der Waals surface area contributed by atoms with Gasteiger partial charge in [-0.25, -0.2) is 4.90 Å². The summed E-state index contributed by atoms with van der Waals surface area (Å²) in [5.74, 6) is -2.83. The van der Waals surface area contributed by atoms with Gasteiger partial charge in [-0.1, -0.05) is 82.2 Å². The summed E-state index contributed by atoms with van der Waals surface area (Å²) in [5, 5.41) is 0. The Kier molecular flexibility index (Phi) is 6.19. The van der Waals surface area contributed by atoms with Crippen molar-refractivity contribution in [3.63, 3.8) is 0 Å². The van der Waals surface area contributed by atoms with E-state index in [1.165, 1.54) is 4.90 Å². The Labute approximate surface area is 234 Å². The fourth-order valence-corrected chi connectivity index (χ4v) is 6.30. The number of hydrogen-bond donors (Lipinski definition) is 0. The van der Waals surface area contributed by atoms with Gasteiger partial charge in [-0.15, -0.1) is 0 Å². The Hall–Kier alpha value is -4.10. The highest BCUT2D eigenvalue weighted by atomic mass is 79.9. The molecule has 3 heterocycles. The van der Waals surface area contributed by atoms with Gasteiger partial charge in [0.1, 0.15) is 6.04 Å². The summed E-state index contributed by atoms with van der Waals surface area (Å²) >= 11 is 3.40. The van der Waals surface area contributed by atoms with E-state index in [0.29, 0.717) is 22.4 Å². The highest BCUT2D eigenvalue weighted by molar-refractivity contribution is 9.10. The number of ketones is 2. The lowest BCUT2D eigenvalue weighted by molar-refractivity contribution is -0.123. The Morgan fingerprint density at radius 2 is 1.51 bits per heavy atom. The summed E-state index contributed by atoms with van der Waals surface area (Å²) < 4.78 is 0.833. The third kappa shape index (κ3) is 4.08. The number of rotatable bonds is 5. The minimum atomic E-state index is -0.883. The minimum Gasteiger partial charge on any atom is -0.359 e. The number of aryl methyl sites for hydroxylation is 2. The molecule has 7 heteroatoms. The lowest BCUT2D eigenvalue weighted by Crippen LogP contribution is -2.46. The van der Waals surface area contributed by atoms with Crippen molar-refractivity contribution in [2.24, 2.45) is 11.8 Å². The third-order valence-corrected chi connectivity index (χ3v) is 8.37. The lowest BCUT2D eigenvalue weighted by Gasteiger charge is -2.33. The lowest BCUT2D eigenvalue weighted by atomic mass is 9.85. The quantitative estimate of drug-likeness (QED) is 0.296. The van der Waals surface area contributed by atoms with Crippen LogP contribution in [0.5, 0.6) is 0 Å². The molecular formula is C32H25BrN2O4. The first-order chi connectivity index (χ1) is 18.8. The molecule has 0 spiro atoms. The SMILES string of the molecule is Cc1ccc(N2C(=O)[C@@H]3[C@@H](C2=O)[C@@H]2C=C(C(=O)c4ccccc4)C=CN2[C@@H]3C(=O)c2ccc(Br)cc2)c(C)c1. The standard InChI is InChI=1S/C32H25BrN2O4/c1-18-8-13-24(19(2)16-18)35-31(38)26-25-17-22(29(36)20-6-4-3-5-7-20)14-15-34(25)28(27(26)32(35)39)30(37)21-9-11-23(33)12-10-21/h3-17,25-28H,1-2H3/t25-,26-,27+,28-/m0/s1. The molecule has 0 saturated carbocycles. The average molecular weight is 581 g/mol. The first kappa shape index (κ1) is 25.2. The van der Waals surface area contributed by atoms with Gasteiger partial charge in [0.2, 0.25) is 11.8 Å². The Bertz CT molecular complexity index is 1590. The van der Waals surface area contributed by atoms with Gasteiger partial charge in [0.25, 0.3) is 0 Å². The van der Waals surface area contributed by atoms with Crippen LogP contribution < -0.4 is 4.90 Å². The largest absolute Gasteiger partial charge is 0.359 e. The van der Waals surface area contributed by atoms with Gasteiger partial charge >= 0.3 is 0 Å². The highest BCUT2D eigenvalue weighted by Gasteiger charge is 2.63. The van der Waals surface area contributed by atoms with Crippen LogP contribution in [-0.4, -0.2) is 40.4 Å². The molecule has 2 amide bonds. The smallest absolute Gasteiger partial charge is 0.240 e. The molecular weight excluding hydrogens is 556 g/mol. The number of fused-ring (bicyclic) bond motifs is 3. The number of carbonyl (C=O) groups excluding carboxylic acids is 4. The fraction of sp³-hybridized carbons (Fsp3) is 0.188. The number of Topliss-reactive ketones (excluding diaryl/α,β-unsaturated/α-hetero) is 2. The number of halogens is 1. The molecule has 39 heavy (non-hydrogen) atoms. The van der Waals surface area contributed by atoms with Crippen LogP contribution >= 0.6 is 15.9 Å². The molecule has 3 aromatic carbocycles. The predicted molar refractivity (Wildman–Crippen MR) is 151 cm³/mol. The Morgan fingerprint density at radius 1 is 0.821 bits per heavy atom. The maximum Gasteiger partial charge on any atom is 0.240 e. The molecule has 3 aliphatic heterocycles. The Morgan fingerprint density at radius 3 is 2.21 bits per heavy atom. The Balaban J connectivity index is 1.44. The average Bonchev–Trinajstić information content (AvgIpc) is 3.40. The van der Waals surface area contributed by atoms with Crippen molar-refractivity contribution in [3.8, 4) is 0 Å². The highest BCUT2D eigenvalue weighted by Crippen LogP contribution is 2.47. The van der Waals surface area contributed by atoms with Crippen molar-refractivity contribution in [2.45, 2.75) is 25.9 Å². The van der Waals surface area contributed by atoms with Gasteiger partial charge < -0.3 is 4.90 Å². The van der Waals surface area contributed by atoms with Gasteiger partial charge in [-0.05, 0) is 43.7 Å². The van der Waals surface area contributed by atoms with E-state index >= 15 is 0 Å². The maximum atomic E-state index is 14.0. The molecule has 0 aliphatic carbocycles. The minimum absolute atomic E-state index is 0.172. The van der Waals surface area contributed by atoms with E-state index in [0.717, 1.165) is 15.6 Å². The number of nitrogens with zero attached hydrogens (tertiary/aromatic N) is 2. The van der Waals surface area contributed by atoms with Crippen molar-refractivity contribution in [1.82, 2.24) is 4.90 Å². The van der Waals surface area contributed by atoms with E-state index in [9.17, 15) is 19.2 Å². The van der Waals surface area contributed by atoms with Gasteiger partial charge in [0, 0.05) is 27.4 Å². The summed E-state index contributed by atoms with van der Waals surface area (Å²) in [6.45, 7) is 3.82. The summed E-state index contributed by atoms with van der Waals surface area (Å²) in [6.07, 6.45) is 5.12. The van der Waals surface area contributed by atoms with Crippen LogP contribution in [0.1, 0.15) is 31.8 Å². The van der Waals surface area contributed by atoms with E-state index in [1.54, 1.807) is 77.8 Å². The number of hydrogen-bond acceptors (Lipinski definition) is 5. The fourth-order valence-electron chi connectivity index (χ4n) is 6.03. The first-order valence-electron chi connectivity index (χ1n) is 12.8. The van der Waals surface area contributed by atoms with E-state index in [1.807, 2.05) is 32.0 Å². The van der Waals surface area contributed by atoms with Crippen molar-refractivity contribution in [1.29, 1.82) is 0 Å². The van der Waals surface area contributed by atoms with Gasteiger partial charge in [0.05, 0.1) is 23.6 Å². The normalized spacial score (nSPS) is 23.5. The molecule has 0 radical (unpaired) electrons. The van der Waals surface area contributed by atoms with Gasteiger partial charge in [-0.3, -0.25) is 19.2 Å². The number of anilines is 1. The summed E-state index contributed by atoms with van der Waals surface area (Å²) in [6, 6.07) is 20.0. The molecule has 0 N–H and O–H groups in total.